The summed E-state index contributed by atoms with van der Waals surface area (Å²) in [6.45, 7) is 1.91. The first-order valence-electron chi connectivity index (χ1n) is 8.83. The van der Waals surface area contributed by atoms with Gasteiger partial charge in [0.15, 0.2) is 0 Å². The third kappa shape index (κ3) is 4.68. The first-order chi connectivity index (χ1) is 12.1. The van der Waals surface area contributed by atoms with Crippen molar-refractivity contribution in [1.82, 2.24) is 9.97 Å². The van der Waals surface area contributed by atoms with Crippen LogP contribution in [-0.4, -0.2) is 27.1 Å². The van der Waals surface area contributed by atoms with Gasteiger partial charge in [0.05, 0.1) is 11.3 Å². The average molecular weight is 340 g/mol. The van der Waals surface area contributed by atoms with Crippen LogP contribution in [0.5, 0.6) is 0 Å². The van der Waals surface area contributed by atoms with Gasteiger partial charge in [-0.05, 0) is 31.9 Å². The monoisotopic (exact) mass is 340 g/mol. The van der Waals surface area contributed by atoms with E-state index in [4.69, 9.17) is 0 Å². The molecule has 0 atom stereocenters. The molecule has 6 nitrogen and oxygen atoms in total. The van der Waals surface area contributed by atoms with Crippen LogP contribution in [0.15, 0.2) is 30.3 Å². The second kappa shape index (κ2) is 7.96. The van der Waals surface area contributed by atoms with Gasteiger partial charge in [0.1, 0.15) is 5.82 Å². The van der Waals surface area contributed by atoms with Crippen molar-refractivity contribution in [3.8, 4) is 0 Å². The first kappa shape index (κ1) is 17.2. The minimum atomic E-state index is -0.967. The van der Waals surface area contributed by atoms with E-state index in [1.165, 1.54) is 25.7 Å². The largest absolute Gasteiger partial charge is 0.478 e. The van der Waals surface area contributed by atoms with Crippen LogP contribution >= 0.6 is 0 Å². The number of carboxylic acids is 1. The fourth-order valence-electron chi connectivity index (χ4n) is 3.22. The molecule has 1 saturated carbocycles. The number of nitrogens with one attached hydrogen (secondary N) is 2. The summed E-state index contributed by atoms with van der Waals surface area (Å²) in [5, 5.41) is 15.9. The topological polar surface area (TPSA) is 87.1 Å². The lowest BCUT2D eigenvalue weighted by atomic mass is 10.1. The second-order valence-electron chi connectivity index (χ2n) is 6.53. The number of rotatable bonds is 5. The summed E-state index contributed by atoms with van der Waals surface area (Å²) < 4.78 is 0. The summed E-state index contributed by atoms with van der Waals surface area (Å²) in [6, 6.07) is 9.04. The number of carbonyl (C=O) groups is 1. The number of para-hydroxylation sites is 1. The minimum Gasteiger partial charge on any atom is -0.478 e. The van der Waals surface area contributed by atoms with Gasteiger partial charge in [-0.1, -0.05) is 37.8 Å². The number of carboxylic acid groups (broad SMARTS) is 1. The number of aromatic nitrogens is 2. The summed E-state index contributed by atoms with van der Waals surface area (Å²) in [7, 11) is 0. The second-order valence-corrected chi connectivity index (χ2v) is 6.53. The molecule has 1 aromatic carbocycles. The number of anilines is 3. The van der Waals surface area contributed by atoms with Gasteiger partial charge in [-0.3, -0.25) is 0 Å². The highest BCUT2D eigenvalue weighted by Gasteiger charge is 2.14. The smallest absolute Gasteiger partial charge is 0.337 e. The quantitative estimate of drug-likeness (QED) is 0.701. The number of benzene rings is 1. The Morgan fingerprint density at radius 1 is 1.12 bits per heavy atom. The number of aryl methyl sites for hydroxylation is 1. The van der Waals surface area contributed by atoms with E-state index in [1.807, 2.05) is 13.0 Å². The van der Waals surface area contributed by atoms with E-state index in [0.717, 1.165) is 18.5 Å². The molecule has 25 heavy (non-hydrogen) atoms. The normalized spacial score (nSPS) is 15.4. The maximum absolute atomic E-state index is 11.4. The Bertz CT molecular complexity index is 740. The summed E-state index contributed by atoms with van der Waals surface area (Å²) in [5.41, 5.74) is 1.58. The van der Waals surface area contributed by atoms with Crippen molar-refractivity contribution in [3.63, 3.8) is 0 Å². The standard InChI is InChI=1S/C19H24N4O2/c1-13-12-17(22-16-11-7-6-10-15(16)18(24)25)23-19(20-13)21-14-8-4-2-3-5-9-14/h6-7,10-12,14H,2-5,8-9H2,1H3,(H,24,25)(H2,20,21,22,23). The van der Waals surface area contributed by atoms with Crippen molar-refractivity contribution < 1.29 is 9.90 Å². The highest BCUT2D eigenvalue weighted by Crippen LogP contribution is 2.23. The van der Waals surface area contributed by atoms with Crippen LogP contribution in [0.25, 0.3) is 0 Å². The molecule has 1 aliphatic carbocycles. The molecule has 1 aromatic heterocycles. The third-order valence-corrected chi connectivity index (χ3v) is 4.46. The molecule has 0 aliphatic heterocycles. The van der Waals surface area contributed by atoms with E-state index < -0.39 is 5.97 Å². The fourth-order valence-corrected chi connectivity index (χ4v) is 3.22. The van der Waals surface area contributed by atoms with Gasteiger partial charge in [-0.25, -0.2) is 9.78 Å². The molecule has 1 aliphatic rings. The van der Waals surface area contributed by atoms with E-state index in [0.29, 0.717) is 23.5 Å². The molecule has 0 bridgehead atoms. The number of nitrogens with zero attached hydrogens (tertiary/aromatic N) is 2. The van der Waals surface area contributed by atoms with Gasteiger partial charge >= 0.3 is 5.97 Å². The van der Waals surface area contributed by atoms with Gasteiger partial charge in [0.25, 0.3) is 0 Å². The SMILES string of the molecule is Cc1cc(Nc2ccccc2C(=O)O)nc(NC2CCCCCC2)n1. The van der Waals surface area contributed by atoms with Gasteiger partial charge < -0.3 is 15.7 Å². The molecule has 2 aromatic rings. The molecule has 6 heteroatoms. The minimum absolute atomic E-state index is 0.219. The van der Waals surface area contributed by atoms with E-state index in [2.05, 4.69) is 20.6 Å². The summed E-state index contributed by atoms with van der Waals surface area (Å²) in [4.78, 5) is 20.4. The summed E-state index contributed by atoms with van der Waals surface area (Å²) in [6.07, 6.45) is 7.35. The zero-order valence-electron chi connectivity index (χ0n) is 14.5. The van der Waals surface area contributed by atoms with Crippen LogP contribution in [0.2, 0.25) is 0 Å². The van der Waals surface area contributed by atoms with Crippen LogP contribution in [-0.2, 0) is 0 Å². The molecule has 0 saturated heterocycles. The van der Waals surface area contributed by atoms with Crippen LogP contribution in [0.4, 0.5) is 17.5 Å². The van der Waals surface area contributed by atoms with Crippen molar-refractivity contribution in [2.75, 3.05) is 10.6 Å². The van der Waals surface area contributed by atoms with E-state index in [1.54, 1.807) is 24.3 Å². The Hall–Kier alpha value is -2.63. The zero-order chi connectivity index (χ0) is 17.6. The molecule has 0 spiro atoms. The van der Waals surface area contributed by atoms with E-state index >= 15 is 0 Å². The zero-order valence-corrected chi connectivity index (χ0v) is 14.5. The van der Waals surface area contributed by atoms with Gasteiger partial charge in [0, 0.05) is 17.8 Å². The van der Waals surface area contributed by atoms with Crippen LogP contribution in [0.1, 0.15) is 54.6 Å². The highest BCUT2D eigenvalue weighted by molar-refractivity contribution is 5.95. The summed E-state index contributed by atoms with van der Waals surface area (Å²) >= 11 is 0. The number of aromatic carboxylic acids is 1. The van der Waals surface area contributed by atoms with Gasteiger partial charge in [0.2, 0.25) is 5.95 Å². The predicted molar refractivity (Wildman–Crippen MR) is 98.6 cm³/mol. The van der Waals surface area contributed by atoms with E-state index in [-0.39, 0.29) is 5.56 Å². The Morgan fingerprint density at radius 3 is 2.56 bits per heavy atom. The van der Waals surface area contributed by atoms with Gasteiger partial charge in [-0.2, -0.15) is 4.98 Å². The molecule has 1 heterocycles. The van der Waals surface area contributed by atoms with E-state index in [9.17, 15) is 9.90 Å². The molecule has 0 unspecified atom stereocenters. The fraction of sp³-hybridized carbons (Fsp3) is 0.421. The highest BCUT2D eigenvalue weighted by atomic mass is 16.4. The van der Waals surface area contributed by atoms with Crippen molar-refractivity contribution in [3.05, 3.63) is 41.6 Å². The Kier molecular flexibility index (Phi) is 5.48. The molecular formula is C19H24N4O2. The van der Waals surface area contributed by atoms with Gasteiger partial charge in [-0.15, -0.1) is 0 Å². The lowest BCUT2D eigenvalue weighted by Gasteiger charge is -2.17. The Balaban J connectivity index is 1.78. The molecule has 1 fully saturated rings. The maximum atomic E-state index is 11.4. The lowest BCUT2D eigenvalue weighted by Crippen LogP contribution is -2.20. The van der Waals surface area contributed by atoms with Crippen molar-refractivity contribution in [1.29, 1.82) is 0 Å². The average Bonchev–Trinajstić information content (AvgIpc) is 2.83. The van der Waals surface area contributed by atoms with Crippen LogP contribution < -0.4 is 10.6 Å². The van der Waals surface area contributed by atoms with Crippen molar-refractivity contribution in [2.45, 2.75) is 51.5 Å². The third-order valence-electron chi connectivity index (χ3n) is 4.46. The first-order valence-corrected chi connectivity index (χ1v) is 8.83. The van der Waals surface area contributed by atoms with Crippen molar-refractivity contribution in [2.24, 2.45) is 0 Å². The van der Waals surface area contributed by atoms with Crippen LogP contribution in [0.3, 0.4) is 0 Å². The summed E-state index contributed by atoms with van der Waals surface area (Å²) in [5.74, 6) is 0.227. The number of hydrogen-bond acceptors (Lipinski definition) is 5. The molecular weight excluding hydrogens is 316 g/mol. The maximum Gasteiger partial charge on any atom is 0.337 e. The molecule has 0 radical (unpaired) electrons. The number of hydrogen-bond donors (Lipinski definition) is 3. The lowest BCUT2D eigenvalue weighted by molar-refractivity contribution is 0.0698. The van der Waals surface area contributed by atoms with Crippen molar-refractivity contribution >= 4 is 23.4 Å². The predicted octanol–water partition coefficient (Wildman–Crippen LogP) is 4.36. The molecule has 3 rings (SSSR count). The Morgan fingerprint density at radius 2 is 1.84 bits per heavy atom. The van der Waals surface area contributed by atoms with Crippen LogP contribution in [0, 0.1) is 6.92 Å². The Labute approximate surface area is 147 Å². The molecule has 3 N–H and O–H groups in total. The molecule has 0 amide bonds. The molecule has 132 valence electrons.